The monoisotopic (exact) mass is 520 g/mol. The first-order valence-corrected chi connectivity index (χ1v) is 13.9. The fraction of sp³-hybridized carbons (Fsp3) is 0.321. The molecule has 8 nitrogen and oxygen atoms in total. The van der Waals surface area contributed by atoms with E-state index in [0.717, 1.165) is 12.0 Å². The molecule has 1 aromatic rings. The van der Waals surface area contributed by atoms with Crippen LogP contribution in [0.2, 0.25) is 0 Å². The molecule has 0 bridgehead atoms. The first kappa shape index (κ1) is 26.3. The van der Waals surface area contributed by atoms with Crippen LogP contribution in [0.25, 0.3) is 0 Å². The normalized spacial score (nSPS) is 20.2. The van der Waals surface area contributed by atoms with E-state index in [9.17, 15) is 18.0 Å². The Morgan fingerprint density at radius 2 is 1.84 bits per heavy atom. The van der Waals surface area contributed by atoms with Gasteiger partial charge < -0.3 is 9.80 Å². The van der Waals surface area contributed by atoms with E-state index in [4.69, 9.17) is 0 Å². The first-order chi connectivity index (χ1) is 17.8. The molecule has 1 fully saturated rings. The number of sulfonamides is 1. The molecule has 2 amide bonds. The highest BCUT2D eigenvalue weighted by atomic mass is 32.2. The maximum Gasteiger partial charge on any atom is 0.272 e. The molecular formula is C28H32N4O4S. The highest BCUT2D eigenvalue weighted by molar-refractivity contribution is 7.93. The quantitative estimate of drug-likeness (QED) is 0.438. The second kappa shape index (κ2) is 11.6. The maximum atomic E-state index is 13.1. The van der Waals surface area contributed by atoms with E-state index in [1.54, 1.807) is 59.3 Å². The predicted octanol–water partition coefficient (Wildman–Crippen LogP) is 3.48. The standard InChI is InChI=1S/C28H32N4O4S/c1-3-22(27(33)31-17-19-32(20-18-31)28(34)25-12-6-7-16-29-25)15-14-21(2)30-37(35,36)26-13-8-10-23-9-4-5-11-24(23)26/h4-9,11-16,23,30H,3,10,17-20H2,1-2H3/b21-14+,22-15+. The summed E-state index contributed by atoms with van der Waals surface area (Å²) in [5.74, 6) is -0.184. The summed E-state index contributed by atoms with van der Waals surface area (Å²) in [7, 11) is -3.76. The van der Waals surface area contributed by atoms with Crippen LogP contribution in [0.1, 0.15) is 37.2 Å². The molecule has 4 rings (SSSR count). The zero-order chi connectivity index (χ0) is 26.4. The Labute approximate surface area is 218 Å². The average molecular weight is 521 g/mol. The maximum absolute atomic E-state index is 13.1. The van der Waals surface area contributed by atoms with E-state index in [-0.39, 0.29) is 22.6 Å². The number of nitrogens with one attached hydrogen (secondary N) is 1. The lowest BCUT2D eigenvalue weighted by atomic mass is 9.88. The van der Waals surface area contributed by atoms with Crippen LogP contribution in [0.5, 0.6) is 0 Å². The Balaban J connectivity index is 1.39. The minimum Gasteiger partial charge on any atom is -0.335 e. The van der Waals surface area contributed by atoms with Gasteiger partial charge in [0.25, 0.3) is 15.9 Å². The second-order valence-electron chi connectivity index (χ2n) is 9.11. The molecule has 2 heterocycles. The van der Waals surface area contributed by atoms with Crippen LogP contribution >= 0.6 is 0 Å². The summed E-state index contributed by atoms with van der Waals surface area (Å²) in [5, 5.41) is 0. The summed E-state index contributed by atoms with van der Waals surface area (Å²) in [5.41, 5.74) is 2.17. The van der Waals surface area contributed by atoms with Gasteiger partial charge >= 0.3 is 0 Å². The van der Waals surface area contributed by atoms with Gasteiger partial charge in [0, 0.05) is 49.6 Å². The third-order valence-corrected chi connectivity index (χ3v) is 8.13. The Hall–Kier alpha value is -3.72. The summed E-state index contributed by atoms with van der Waals surface area (Å²) < 4.78 is 28.8. The SMILES string of the molecule is CC/C(=C\C=C(/C)NS(=O)(=O)C1=C2C=CC=CC2CC=C1)C(=O)N1CCN(C(=O)c2ccccn2)CC1. The van der Waals surface area contributed by atoms with Crippen LogP contribution in [0, 0.1) is 5.92 Å². The number of hydrogen-bond acceptors (Lipinski definition) is 5. The van der Waals surface area contributed by atoms with Crippen LogP contribution in [-0.2, 0) is 14.8 Å². The van der Waals surface area contributed by atoms with Gasteiger partial charge in [0.1, 0.15) is 5.69 Å². The number of rotatable bonds is 7. The van der Waals surface area contributed by atoms with Gasteiger partial charge in [-0.15, -0.1) is 0 Å². The number of nitrogens with zero attached hydrogens (tertiary/aromatic N) is 3. The molecule has 9 heteroatoms. The van der Waals surface area contributed by atoms with Crippen molar-refractivity contribution >= 4 is 21.8 Å². The Bertz CT molecular complexity index is 1330. The first-order valence-electron chi connectivity index (χ1n) is 12.5. The molecule has 1 N–H and O–H groups in total. The van der Waals surface area contributed by atoms with Gasteiger partial charge in [-0.25, -0.2) is 8.42 Å². The molecular weight excluding hydrogens is 488 g/mol. The number of carbonyl (C=O) groups excluding carboxylic acids is 2. The molecule has 1 aliphatic heterocycles. The zero-order valence-electron chi connectivity index (χ0n) is 21.1. The van der Waals surface area contributed by atoms with Crippen molar-refractivity contribution in [3.8, 4) is 0 Å². The minimum absolute atomic E-state index is 0.0646. The van der Waals surface area contributed by atoms with E-state index in [1.807, 2.05) is 37.3 Å². The van der Waals surface area contributed by atoms with Gasteiger partial charge in [0.2, 0.25) is 5.91 Å². The number of hydrogen-bond donors (Lipinski definition) is 1. The number of carbonyl (C=O) groups is 2. The van der Waals surface area contributed by atoms with Gasteiger partial charge in [-0.2, -0.15) is 0 Å². The number of allylic oxidation sites excluding steroid dienone is 10. The fourth-order valence-electron chi connectivity index (χ4n) is 4.55. The molecule has 1 aromatic heterocycles. The van der Waals surface area contributed by atoms with Crippen molar-refractivity contribution in [1.82, 2.24) is 19.5 Å². The molecule has 2 aliphatic carbocycles. The summed E-state index contributed by atoms with van der Waals surface area (Å²) in [6, 6.07) is 5.22. The molecule has 1 saturated heterocycles. The van der Waals surface area contributed by atoms with Gasteiger partial charge in [-0.3, -0.25) is 19.3 Å². The smallest absolute Gasteiger partial charge is 0.272 e. The van der Waals surface area contributed by atoms with Crippen LogP contribution in [0.15, 0.2) is 94.8 Å². The number of piperazine rings is 1. The lowest BCUT2D eigenvalue weighted by molar-refractivity contribution is -0.128. The zero-order valence-corrected chi connectivity index (χ0v) is 21.9. The molecule has 0 radical (unpaired) electrons. The third kappa shape index (κ3) is 6.17. The van der Waals surface area contributed by atoms with Crippen molar-refractivity contribution in [1.29, 1.82) is 0 Å². The summed E-state index contributed by atoms with van der Waals surface area (Å²) >= 11 is 0. The Kier molecular flexibility index (Phi) is 8.23. The van der Waals surface area contributed by atoms with E-state index < -0.39 is 10.0 Å². The van der Waals surface area contributed by atoms with E-state index in [2.05, 4.69) is 9.71 Å². The van der Waals surface area contributed by atoms with Crippen molar-refractivity contribution in [2.75, 3.05) is 26.2 Å². The van der Waals surface area contributed by atoms with Crippen molar-refractivity contribution in [3.63, 3.8) is 0 Å². The van der Waals surface area contributed by atoms with Crippen molar-refractivity contribution in [2.24, 2.45) is 5.92 Å². The van der Waals surface area contributed by atoms with Crippen molar-refractivity contribution in [2.45, 2.75) is 26.7 Å². The fourth-order valence-corrected chi connectivity index (χ4v) is 5.96. The largest absolute Gasteiger partial charge is 0.335 e. The molecule has 0 aromatic carbocycles. The Morgan fingerprint density at radius 3 is 2.54 bits per heavy atom. The number of pyridine rings is 1. The van der Waals surface area contributed by atoms with E-state index >= 15 is 0 Å². The van der Waals surface area contributed by atoms with Crippen molar-refractivity contribution < 1.29 is 18.0 Å². The van der Waals surface area contributed by atoms with E-state index in [1.165, 1.54) is 0 Å². The lowest BCUT2D eigenvalue weighted by Gasteiger charge is -2.35. The Morgan fingerprint density at radius 1 is 1.08 bits per heavy atom. The predicted molar refractivity (Wildman–Crippen MR) is 143 cm³/mol. The highest BCUT2D eigenvalue weighted by Crippen LogP contribution is 2.32. The molecule has 1 unspecified atom stereocenters. The molecule has 1 atom stereocenters. The summed E-state index contributed by atoms with van der Waals surface area (Å²) in [6.45, 7) is 5.28. The van der Waals surface area contributed by atoms with Crippen LogP contribution in [0.3, 0.4) is 0 Å². The topological polar surface area (TPSA) is 99.7 Å². The van der Waals surface area contributed by atoms with Crippen molar-refractivity contribution in [3.05, 3.63) is 100 Å². The second-order valence-corrected chi connectivity index (χ2v) is 10.8. The van der Waals surface area contributed by atoms with E-state index in [0.29, 0.717) is 49.6 Å². The number of fused-ring (bicyclic) bond motifs is 1. The van der Waals surface area contributed by atoms with Gasteiger partial charge in [-0.1, -0.05) is 49.4 Å². The lowest BCUT2D eigenvalue weighted by Crippen LogP contribution is -2.51. The highest BCUT2D eigenvalue weighted by Gasteiger charge is 2.27. The molecule has 194 valence electrons. The molecule has 37 heavy (non-hydrogen) atoms. The molecule has 3 aliphatic rings. The van der Waals surface area contributed by atoms with Crippen LogP contribution < -0.4 is 4.72 Å². The van der Waals surface area contributed by atoms with Gasteiger partial charge in [-0.05, 0) is 49.6 Å². The molecule has 0 saturated carbocycles. The average Bonchev–Trinajstić information content (AvgIpc) is 2.92. The third-order valence-electron chi connectivity index (χ3n) is 6.59. The van der Waals surface area contributed by atoms with Crippen LogP contribution in [0.4, 0.5) is 0 Å². The number of aromatic nitrogens is 1. The molecule has 0 spiro atoms. The number of amides is 2. The summed E-state index contributed by atoms with van der Waals surface area (Å²) in [4.78, 5) is 33.6. The van der Waals surface area contributed by atoms with Gasteiger partial charge in [0.05, 0.1) is 4.91 Å². The minimum atomic E-state index is -3.76. The summed E-state index contributed by atoms with van der Waals surface area (Å²) in [6.07, 6.45) is 17.3. The van der Waals surface area contributed by atoms with Gasteiger partial charge in [0.15, 0.2) is 0 Å². The van der Waals surface area contributed by atoms with Crippen LogP contribution in [-0.4, -0.2) is 61.2 Å².